The lowest BCUT2D eigenvalue weighted by Gasteiger charge is -2.17. The van der Waals surface area contributed by atoms with Gasteiger partial charge >= 0.3 is 0 Å². The molecule has 1 heterocycles. The van der Waals surface area contributed by atoms with E-state index in [1.165, 1.54) is 36.1 Å². The lowest BCUT2D eigenvalue weighted by molar-refractivity contribution is -0.117. The monoisotopic (exact) mass is 286 g/mol. The Bertz CT molecular complexity index is 571. The van der Waals surface area contributed by atoms with E-state index in [9.17, 15) is 17.6 Å². The summed E-state index contributed by atoms with van der Waals surface area (Å²) in [5, 5.41) is 0. The summed E-state index contributed by atoms with van der Waals surface area (Å²) in [4.78, 5) is 13.3. The fraction of sp³-hybridized carbons (Fsp3) is 0.417. The Balaban J connectivity index is 2.10. The summed E-state index contributed by atoms with van der Waals surface area (Å²) in [7, 11) is -3.33. The number of hydrogen-bond acceptors (Lipinski definition) is 3. The van der Waals surface area contributed by atoms with Crippen LogP contribution in [0.3, 0.4) is 0 Å². The highest BCUT2D eigenvalue weighted by Crippen LogP contribution is 2.22. The summed E-state index contributed by atoms with van der Waals surface area (Å²) in [5.74, 6) is -0.567. The van der Waals surface area contributed by atoms with Crippen molar-refractivity contribution in [1.82, 2.24) is 4.72 Å². The third-order valence-electron chi connectivity index (χ3n) is 2.99. The van der Waals surface area contributed by atoms with Gasteiger partial charge in [0, 0.05) is 24.7 Å². The summed E-state index contributed by atoms with van der Waals surface area (Å²) in [5.41, 5.74) is 0.574. The Labute approximate surface area is 111 Å². The number of sulfonamides is 1. The molecule has 1 aromatic carbocycles. The van der Waals surface area contributed by atoms with Gasteiger partial charge in [0.2, 0.25) is 15.9 Å². The second-order valence-electron chi connectivity index (χ2n) is 4.40. The number of benzene rings is 1. The van der Waals surface area contributed by atoms with Crippen LogP contribution in [0.4, 0.5) is 10.1 Å². The zero-order valence-corrected chi connectivity index (χ0v) is 11.3. The third kappa shape index (κ3) is 3.30. The molecule has 1 aliphatic rings. The van der Waals surface area contributed by atoms with E-state index in [2.05, 4.69) is 4.72 Å². The lowest BCUT2D eigenvalue weighted by atomic mass is 10.3. The summed E-state index contributed by atoms with van der Waals surface area (Å²) in [6.45, 7) is 1.81. The molecule has 0 bridgehead atoms. The second kappa shape index (κ2) is 5.26. The predicted molar refractivity (Wildman–Crippen MR) is 69.8 cm³/mol. The van der Waals surface area contributed by atoms with Crippen molar-refractivity contribution in [2.24, 2.45) is 0 Å². The van der Waals surface area contributed by atoms with Crippen LogP contribution in [0.15, 0.2) is 24.3 Å². The maximum Gasteiger partial charge on any atom is 0.228 e. The van der Waals surface area contributed by atoms with E-state index in [0.29, 0.717) is 5.69 Å². The number of rotatable bonds is 4. The van der Waals surface area contributed by atoms with Crippen molar-refractivity contribution in [2.45, 2.75) is 19.4 Å². The van der Waals surface area contributed by atoms with Gasteiger partial charge in [-0.2, -0.15) is 0 Å². The molecule has 1 saturated heterocycles. The molecule has 0 spiro atoms. The van der Waals surface area contributed by atoms with Crippen molar-refractivity contribution >= 4 is 21.6 Å². The molecule has 0 aliphatic carbocycles. The van der Waals surface area contributed by atoms with Crippen molar-refractivity contribution in [2.75, 3.05) is 17.2 Å². The molecule has 0 radical (unpaired) electrons. The van der Waals surface area contributed by atoms with Gasteiger partial charge in [0.25, 0.3) is 0 Å². The first-order chi connectivity index (χ1) is 8.91. The van der Waals surface area contributed by atoms with Gasteiger partial charge in [0.05, 0.1) is 5.75 Å². The molecule has 1 N–H and O–H groups in total. The topological polar surface area (TPSA) is 66.5 Å². The van der Waals surface area contributed by atoms with Crippen LogP contribution in [0, 0.1) is 5.82 Å². The number of anilines is 1. The van der Waals surface area contributed by atoms with Crippen LogP contribution in [-0.2, 0) is 14.8 Å². The Morgan fingerprint density at radius 2 is 2.00 bits per heavy atom. The molecular formula is C12H15FN2O3S. The molecule has 5 nitrogen and oxygen atoms in total. The van der Waals surface area contributed by atoms with Crippen molar-refractivity contribution in [3.05, 3.63) is 30.1 Å². The van der Waals surface area contributed by atoms with Crippen LogP contribution in [0.25, 0.3) is 0 Å². The van der Waals surface area contributed by atoms with E-state index in [4.69, 9.17) is 0 Å². The number of hydrogen-bond donors (Lipinski definition) is 1. The average molecular weight is 286 g/mol. The normalized spacial score (nSPS) is 20.0. The van der Waals surface area contributed by atoms with E-state index < -0.39 is 16.1 Å². The number of nitrogens with one attached hydrogen (secondary N) is 1. The zero-order chi connectivity index (χ0) is 14.0. The van der Waals surface area contributed by atoms with Crippen LogP contribution in [0.2, 0.25) is 0 Å². The Morgan fingerprint density at radius 1 is 1.37 bits per heavy atom. The number of carbonyl (C=O) groups is 1. The van der Waals surface area contributed by atoms with Crippen LogP contribution < -0.4 is 9.62 Å². The molecule has 0 aromatic heterocycles. The lowest BCUT2D eigenvalue weighted by Crippen LogP contribution is -2.37. The van der Waals surface area contributed by atoms with Crippen molar-refractivity contribution in [1.29, 1.82) is 0 Å². The van der Waals surface area contributed by atoms with Crippen LogP contribution in [0.1, 0.15) is 13.3 Å². The first-order valence-corrected chi connectivity index (χ1v) is 7.62. The van der Waals surface area contributed by atoms with Crippen molar-refractivity contribution in [3.8, 4) is 0 Å². The quantitative estimate of drug-likeness (QED) is 0.893. The Morgan fingerprint density at radius 3 is 2.58 bits per heavy atom. The highest BCUT2D eigenvalue weighted by Gasteiger charge is 2.32. The minimum absolute atomic E-state index is 0.0196. The number of halogens is 1. The highest BCUT2D eigenvalue weighted by molar-refractivity contribution is 7.89. The molecule has 7 heteroatoms. The standard InChI is InChI=1S/C12H15FN2O3S/c1-2-19(17,18)14-10-7-12(16)15(8-10)11-5-3-9(13)4-6-11/h3-6,10,14H,2,7-8H2,1H3/t10-/m1/s1. The molecule has 0 saturated carbocycles. The molecule has 2 rings (SSSR count). The second-order valence-corrected chi connectivity index (χ2v) is 6.45. The molecule has 104 valence electrons. The van der Waals surface area contributed by atoms with Gasteiger partial charge in [-0.05, 0) is 31.2 Å². The predicted octanol–water partition coefficient (Wildman–Crippen LogP) is 0.870. The van der Waals surface area contributed by atoms with Crippen molar-refractivity contribution in [3.63, 3.8) is 0 Å². The van der Waals surface area contributed by atoms with Gasteiger partial charge in [-0.15, -0.1) is 0 Å². The first kappa shape index (κ1) is 14.0. The number of amides is 1. The van der Waals surface area contributed by atoms with Gasteiger partial charge in [0.15, 0.2) is 0 Å². The van der Waals surface area contributed by atoms with Crippen LogP contribution >= 0.6 is 0 Å². The van der Waals surface area contributed by atoms with Crippen molar-refractivity contribution < 1.29 is 17.6 Å². The van der Waals surface area contributed by atoms with E-state index in [1.54, 1.807) is 0 Å². The maximum atomic E-state index is 12.8. The summed E-state index contributed by atoms with van der Waals surface area (Å²) in [6, 6.07) is 5.12. The maximum absolute atomic E-state index is 12.8. The molecule has 1 aliphatic heterocycles. The van der Waals surface area contributed by atoms with Gasteiger partial charge in [-0.25, -0.2) is 17.5 Å². The number of carbonyl (C=O) groups excluding carboxylic acids is 1. The zero-order valence-electron chi connectivity index (χ0n) is 10.5. The fourth-order valence-electron chi connectivity index (χ4n) is 1.99. The van der Waals surface area contributed by atoms with Gasteiger partial charge in [0.1, 0.15) is 5.82 Å². The van der Waals surface area contributed by atoms with Gasteiger partial charge in [-0.1, -0.05) is 0 Å². The average Bonchev–Trinajstić information content (AvgIpc) is 2.70. The fourth-order valence-corrected chi connectivity index (χ4v) is 2.83. The molecule has 1 amide bonds. The summed E-state index contributed by atoms with van der Waals surface area (Å²) < 4.78 is 38.2. The van der Waals surface area contributed by atoms with E-state index in [-0.39, 0.29) is 30.4 Å². The molecule has 1 atom stereocenters. The van der Waals surface area contributed by atoms with Gasteiger partial charge < -0.3 is 4.90 Å². The first-order valence-electron chi connectivity index (χ1n) is 5.97. The molecule has 0 unspecified atom stereocenters. The molecule has 1 aromatic rings. The third-order valence-corrected chi connectivity index (χ3v) is 4.44. The van der Waals surface area contributed by atoms with E-state index in [0.717, 1.165) is 0 Å². The molecule has 1 fully saturated rings. The molecule has 19 heavy (non-hydrogen) atoms. The minimum atomic E-state index is -3.33. The Kier molecular flexibility index (Phi) is 3.86. The van der Waals surface area contributed by atoms with E-state index >= 15 is 0 Å². The SMILES string of the molecule is CCS(=O)(=O)N[C@@H]1CC(=O)N(c2ccc(F)cc2)C1. The van der Waals surface area contributed by atoms with E-state index in [1.807, 2.05) is 0 Å². The van der Waals surface area contributed by atoms with Gasteiger partial charge in [-0.3, -0.25) is 4.79 Å². The number of nitrogens with zero attached hydrogens (tertiary/aromatic N) is 1. The summed E-state index contributed by atoms with van der Waals surface area (Å²) >= 11 is 0. The highest BCUT2D eigenvalue weighted by atomic mass is 32.2. The smallest absolute Gasteiger partial charge is 0.228 e. The minimum Gasteiger partial charge on any atom is -0.311 e. The van der Waals surface area contributed by atoms with Crippen LogP contribution in [0.5, 0.6) is 0 Å². The largest absolute Gasteiger partial charge is 0.311 e. The van der Waals surface area contributed by atoms with Crippen LogP contribution in [-0.4, -0.2) is 32.7 Å². The Hall–Kier alpha value is -1.47. The molecular weight excluding hydrogens is 271 g/mol. The summed E-state index contributed by atoms with van der Waals surface area (Å²) in [6.07, 6.45) is 0.122.